The van der Waals surface area contributed by atoms with E-state index in [2.05, 4.69) is 10.2 Å². The lowest BCUT2D eigenvalue weighted by molar-refractivity contribution is -0.126. The summed E-state index contributed by atoms with van der Waals surface area (Å²) < 4.78 is 11.5. The zero-order chi connectivity index (χ0) is 22.8. The quantitative estimate of drug-likeness (QED) is 0.496. The molecule has 7 nitrogen and oxygen atoms in total. The molecular formula is C25H33N3O4. The van der Waals surface area contributed by atoms with Crippen molar-refractivity contribution in [2.24, 2.45) is 4.99 Å². The summed E-state index contributed by atoms with van der Waals surface area (Å²) in [6.07, 6.45) is 1.93. The van der Waals surface area contributed by atoms with Crippen molar-refractivity contribution in [2.45, 2.75) is 24.8 Å². The third-order valence-corrected chi connectivity index (χ3v) is 5.27. The summed E-state index contributed by atoms with van der Waals surface area (Å²) in [5.74, 6) is 1.07. The maximum atomic E-state index is 13.2. The Morgan fingerprint density at radius 2 is 1.91 bits per heavy atom. The number of nitrogens with one attached hydrogen (secondary N) is 1. The van der Waals surface area contributed by atoms with Crippen molar-refractivity contribution in [1.82, 2.24) is 10.2 Å². The van der Waals surface area contributed by atoms with Crippen LogP contribution in [0.15, 0.2) is 59.6 Å². The van der Waals surface area contributed by atoms with E-state index in [1.54, 1.807) is 0 Å². The molecule has 0 aliphatic carbocycles. The molecule has 0 aromatic heterocycles. The number of aliphatic hydroxyl groups excluding tert-OH is 1. The minimum Gasteiger partial charge on any atom is -0.494 e. The Morgan fingerprint density at radius 1 is 1.16 bits per heavy atom. The Kier molecular flexibility index (Phi) is 8.64. The molecule has 1 aliphatic rings. The van der Waals surface area contributed by atoms with Gasteiger partial charge >= 0.3 is 0 Å². The smallest absolute Gasteiger partial charge is 0.251 e. The third-order valence-electron chi connectivity index (χ3n) is 5.27. The van der Waals surface area contributed by atoms with Gasteiger partial charge in [0.15, 0.2) is 5.54 Å². The number of aliphatic hydroxyl groups is 1. The highest BCUT2D eigenvalue weighted by Gasteiger charge is 2.44. The van der Waals surface area contributed by atoms with Gasteiger partial charge in [0.05, 0.1) is 6.61 Å². The number of hydrogen-bond acceptors (Lipinski definition) is 6. The van der Waals surface area contributed by atoms with Crippen molar-refractivity contribution in [1.29, 1.82) is 0 Å². The predicted octanol–water partition coefficient (Wildman–Crippen LogP) is 2.27. The van der Waals surface area contributed by atoms with Crippen LogP contribution in [0.4, 0.5) is 0 Å². The van der Waals surface area contributed by atoms with E-state index in [0.717, 1.165) is 29.8 Å². The van der Waals surface area contributed by atoms with Crippen LogP contribution in [0.3, 0.4) is 0 Å². The van der Waals surface area contributed by atoms with Gasteiger partial charge in [-0.25, -0.2) is 4.99 Å². The molecule has 2 N–H and O–H groups in total. The van der Waals surface area contributed by atoms with Crippen LogP contribution in [0.25, 0.3) is 0 Å². The molecular weight excluding hydrogens is 406 g/mol. The number of carbonyl (C=O) groups excluding carboxylic acids is 1. The SMILES string of the molecule is CN(C)CCCNC(=O)[C@@]1(Cc2ccccc2)COC(c2ccc(OCCCO)cc2)=N1. The first kappa shape index (κ1) is 23.8. The molecule has 0 unspecified atom stereocenters. The first-order chi connectivity index (χ1) is 15.5. The van der Waals surface area contributed by atoms with Gasteiger partial charge in [0.1, 0.15) is 12.4 Å². The maximum absolute atomic E-state index is 13.2. The van der Waals surface area contributed by atoms with E-state index >= 15 is 0 Å². The number of nitrogens with zero attached hydrogens (tertiary/aromatic N) is 2. The molecule has 1 amide bonds. The largest absolute Gasteiger partial charge is 0.494 e. The molecule has 0 saturated heterocycles. The predicted molar refractivity (Wildman–Crippen MR) is 125 cm³/mol. The van der Waals surface area contributed by atoms with E-state index in [1.807, 2.05) is 68.7 Å². The van der Waals surface area contributed by atoms with Crippen molar-refractivity contribution in [3.8, 4) is 5.75 Å². The van der Waals surface area contributed by atoms with E-state index in [4.69, 9.17) is 19.6 Å². The first-order valence-corrected chi connectivity index (χ1v) is 11.1. The van der Waals surface area contributed by atoms with Crippen LogP contribution in [0.1, 0.15) is 24.0 Å². The van der Waals surface area contributed by atoms with E-state index in [0.29, 0.717) is 31.9 Å². The Labute approximate surface area is 190 Å². The van der Waals surface area contributed by atoms with Crippen LogP contribution in [0.2, 0.25) is 0 Å². The molecule has 32 heavy (non-hydrogen) atoms. The monoisotopic (exact) mass is 439 g/mol. The molecule has 172 valence electrons. The van der Waals surface area contributed by atoms with Crippen LogP contribution in [-0.2, 0) is 16.0 Å². The molecule has 2 aromatic rings. The van der Waals surface area contributed by atoms with Gasteiger partial charge < -0.3 is 24.8 Å². The Morgan fingerprint density at radius 3 is 2.59 bits per heavy atom. The van der Waals surface area contributed by atoms with Gasteiger partial charge in [0.25, 0.3) is 5.91 Å². The number of rotatable bonds is 12. The zero-order valence-electron chi connectivity index (χ0n) is 18.9. The molecule has 1 heterocycles. The van der Waals surface area contributed by atoms with E-state index in [1.165, 1.54) is 0 Å². The molecule has 0 spiro atoms. The van der Waals surface area contributed by atoms with E-state index < -0.39 is 5.54 Å². The number of hydrogen-bond donors (Lipinski definition) is 2. The van der Waals surface area contributed by atoms with Crippen LogP contribution in [0, 0.1) is 0 Å². The summed E-state index contributed by atoms with van der Waals surface area (Å²) in [6.45, 7) is 2.26. The summed E-state index contributed by atoms with van der Waals surface area (Å²) in [5.41, 5.74) is 0.845. The number of carbonyl (C=O) groups is 1. The van der Waals surface area contributed by atoms with Crippen molar-refractivity contribution >= 4 is 11.8 Å². The summed E-state index contributed by atoms with van der Waals surface area (Å²) >= 11 is 0. The van der Waals surface area contributed by atoms with Crippen LogP contribution < -0.4 is 10.1 Å². The second kappa shape index (κ2) is 11.6. The average molecular weight is 440 g/mol. The standard InChI is InChI=1S/C25H33N3O4/c1-28(2)15-6-14-26-24(30)25(18-20-8-4-3-5-9-20)19-32-23(27-25)21-10-12-22(13-11-21)31-17-7-16-29/h3-5,8-13,29H,6-7,14-19H2,1-2H3,(H,26,30)/t25-/m1/s1. The molecule has 0 bridgehead atoms. The third kappa shape index (κ3) is 6.55. The lowest BCUT2D eigenvalue weighted by atomic mass is 9.91. The van der Waals surface area contributed by atoms with Gasteiger partial charge in [0.2, 0.25) is 5.90 Å². The van der Waals surface area contributed by atoms with Crippen LogP contribution >= 0.6 is 0 Å². The maximum Gasteiger partial charge on any atom is 0.251 e. The molecule has 0 saturated carbocycles. The summed E-state index contributed by atoms with van der Waals surface area (Å²) in [4.78, 5) is 20.1. The molecule has 7 heteroatoms. The minimum atomic E-state index is -0.995. The number of benzene rings is 2. The molecule has 1 aliphatic heterocycles. The second-order valence-corrected chi connectivity index (χ2v) is 8.26. The Balaban J connectivity index is 1.75. The van der Waals surface area contributed by atoms with Gasteiger partial charge in [-0.05, 0) is 56.9 Å². The highest BCUT2D eigenvalue weighted by molar-refractivity contribution is 6.00. The first-order valence-electron chi connectivity index (χ1n) is 11.1. The normalized spacial score (nSPS) is 17.7. The molecule has 1 atom stereocenters. The number of amides is 1. The van der Waals surface area contributed by atoms with E-state index in [-0.39, 0.29) is 19.1 Å². The fourth-order valence-corrected chi connectivity index (χ4v) is 3.53. The topological polar surface area (TPSA) is 83.4 Å². The lowest BCUT2D eigenvalue weighted by Gasteiger charge is -2.23. The highest BCUT2D eigenvalue weighted by atomic mass is 16.5. The van der Waals surface area contributed by atoms with Crippen molar-refractivity contribution in [3.63, 3.8) is 0 Å². The van der Waals surface area contributed by atoms with Gasteiger partial charge in [0, 0.05) is 31.6 Å². The fraction of sp³-hybridized carbons (Fsp3) is 0.440. The molecule has 0 radical (unpaired) electrons. The second-order valence-electron chi connectivity index (χ2n) is 8.26. The lowest BCUT2D eigenvalue weighted by Crippen LogP contribution is -2.48. The summed E-state index contributed by atoms with van der Waals surface area (Å²) in [7, 11) is 4.03. The van der Waals surface area contributed by atoms with Crippen LogP contribution in [-0.4, -0.2) is 74.4 Å². The summed E-state index contributed by atoms with van der Waals surface area (Å²) in [5, 5.41) is 11.9. The van der Waals surface area contributed by atoms with Gasteiger partial charge in [-0.15, -0.1) is 0 Å². The van der Waals surface area contributed by atoms with Crippen molar-refractivity contribution in [3.05, 3.63) is 65.7 Å². The highest BCUT2D eigenvalue weighted by Crippen LogP contribution is 2.27. The van der Waals surface area contributed by atoms with E-state index in [9.17, 15) is 4.79 Å². The fourth-order valence-electron chi connectivity index (χ4n) is 3.53. The van der Waals surface area contributed by atoms with Crippen molar-refractivity contribution < 1.29 is 19.4 Å². The number of aliphatic imine (C=N–C) groups is 1. The van der Waals surface area contributed by atoms with Gasteiger partial charge in [-0.2, -0.15) is 0 Å². The minimum absolute atomic E-state index is 0.101. The number of ether oxygens (including phenoxy) is 2. The van der Waals surface area contributed by atoms with Crippen molar-refractivity contribution in [2.75, 3.05) is 47.0 Å². The Hall–Kier alpha value is -2.90. The summed E-state index contributed by atoms with van der Waals surface area (Å²) in [6, 6.07) is 17.3. The molecule has 0 fully saturated rings. The van der Waals surface area contributed by atoms with Gasteiger partial charge in [-0.1, -0.05) is 30.3 Å². The van der Waals surface area contributed by atoms with Crippen LogP contribution in [0.5, 0.6) is 5.75 Å². The Bertz CT molecular complexity index is 884. The zero-order valence-corrected chi connectivity index (χ0v) is 18.9. The van der Waals surface area contributed by atoms with Gasteiger partial charge in [-0.3, -0.25) is 4.79 Å². The molecule has 3 rings (SSSR count). The average Bonchev–Trinajstić information content (AvgIpc) is 3.23. The molecule has 2 aromatic carbocycles.